The summed E-state index contributed by atoms with van der Waals surface area (Å²) in [6.07, 6.45) is 1.96. The monoisotopic (exact) mass is 493 g/mol. The van der Waals surface area contributed by atoms with Gasteiger partial charge in [-0.15, -0.1) is 16.7 Å². The number of nitrogens with one attached hydrogen (secondary N) is 1. The summed E-state index contributed by atoms with van der Waals surface area (Å²) in [7, 11) is 0. The summed E-state index contributed by atoms with van der Waals surface area (Å²) in [6, 6.07) is 18.4. The Morgan fingerprint density at radius 1 is 1.06 bits per heavy atom. The van der Waals surface area contributed by atoms with Gasteiger partial charge in [-0.3, -0.25) is 14.9 Å². The van der Waals surface area contributed by atoms with Gasteiger partial charge in [0.15, 0.2) is 0 Å². The van der Waals surface area contributed by atoms with Crippen molar-refractivity contribution in [3.63, 3.8) is 0 Å². The SMILES string of the molecule is CSc1ccc(N(N=O)c2ccc(C(=O)Nc3ccc(N4CCOCC4)c([N+](=O)[O-])c3)cc2)cc1. The Morgan fingerprint density at radius 3 is 2.26 bits per heavy atom. The lowest BCUT2D eigenvalue weighted by Gasteiger charge is -2.28. The average Bonchev–Trinajstić information content (AvgIpc) is 2.90. The van der Waals surface area contributed by atoms with Crippen molar-refractivity contribution < 1.29 is 14.5 Å². The lowest BCUT2D eigenvalue weighted by molar-refractivity contribution is -0.384. The molecule has 3 aromatic carbocycles. The molecule has 4 rings (SSSR count). The molecule has 0 aliphatic carbocycles. The number of nitro benzene ring substituents is 1. The van der Waals surface area contributed by atoms with Gasteiger partial charge >= 0.3 is 0 Å². The summed E-state index contributed by atoms with van der Waals surface area (Å²) >= 11 is 1.59. The van der Waals surface area contributed by atoms with E-state index < -0.39 is 10.8 Å². The molecule has 0 unspecified atom stereocenters. The van der Waals surface area contributed by atoms with Gasteiger partial charge in [-0.25, -0.2) is 0 Å². The second-order valence-electron chi connectivity index (χ2n) is 7.65. The maximum atomic E-state index is 12.8. The van der Waals surface area contributed by atoms with E-state index in [-0.39, 0.29) is 5.69 Å². The van der Waals surface area contributed by atoms with Gasteiger partial charge in [0.05, 0.1) is 34.8 Å². The van der Waals surface area contributed by atoms with Crippen molar-refractivity contribution in [3.05, 3.63) is 87.3 Å². The number of morpholine rings is 1. The van der Waals surface area contributed by atoms with Gasteiger partial charge in [-0.05, 0) is 66.9 Å². The number of hydrogen-bond donors (Lipinski definition) is 1. The Bertz CT molecular complexity index is 1210. The molecule has 10 nitrogen and oxygen atoms in total. The number of nitrogens with zero attached hydrogens (tertiary/aromatic N) is 4. The minimum Gasteiger partial charge on any atom is -0.378 e. The fourth-order valence-electron chi connectivity index (χ4n) is 3.74. The molecule has 1 saturated heterocycles. The van der Waals surface area contributed by atoms with Crippen LogP contribution in [0.15, 0.2) is 76.9 Å². The average molecular weight is 494 g/mol. The summed E-state index contributed by atoms with van der Waals surface area (Å²) < 4.78 is 5.32. The predicted octanol–water partition coefficient (Wildman–Crippen LogP) is 5.23. The van der Waals surface area contributed by atoms with E-state index in [9.17, 15) is 19.8 Å². The maximum absolute atomic E-state index is 12.8. The highest BCUT2D eigenvalue weighted by molar-refractivity contribution is 7.98. The van der Waals surface area contributed by atoms with E-state index in [1.54, 1.807) is 60.3 Å². The Hall–Kier alpha value is -3.96. The van der Waals surface area contributed by atoms with Crippen molar-refractivity contribution in [1.82, 2.24) is 0 Å². The first-order valence-corrected chi connectivity index (χ1v) is 12.0. The second-order valence-corrected chi connectivity index (χ2v) is 8.53. The Labute approximate surface area is 206 Å². The third kappa shape index (κ3) is 5.58. The van der Waals surface area contributed by atoms with Crippen LogP contribution in [0.1, 0.15) is 10.4 Å². The summed E-state index contributed by atoms with van der Waals surface area (Å²) in [6.45, 7) is 2.14. The molecule has 0 saturated carbocycles. The van der Waals surface area contributed by atoms with Crippen LogP contribution in [0.4, 0.5) is 28.4 Å². The number of thioether (sulfide) groups is 1. The second kappa shape index (κ2) is 11.0. The summed E-state index contributed by atoms with van der Waals surface area (Å²) in [4.78, 5) is 38.4. The highest BCUT2D eigenvalue weighted by atomic mass is 32.2. The van der Waals surface area contributed by atoms with E-state index in [1.165, 1.54) is 11.1 Å². The zero-order valence-electron chi connectivity index (χ0n) is 18.9. The number of amides is 1. The summed E-state index contributed by atoms with van der Waals surface area (Å²) in [5.41, 5.74) is 2.15. The molecule has 0 atom stereocenters. The molecule has 0 bridgehead atoms. The molecule has 35 heavy (non-hydrogen) atoms. The zero-order valence-corrected chi connectivity index (χ0v) is 19.7. The van der Waals surface area contributed by atoms with E-state index in [0.29, 0.717) is 54.6 Å². The van der Waals surface area contributed by atoms with Crippen molar-refractivity contribution >= 4 is 46.1 Å². The number of nitro groups is 1. The Balaban J connectivity index is 1.49. The smallest absolute Gasteiger partial charge is 0.294 e. The quantitative estimate of drug-likeness (QED) is 0.196. The molecule has 1 aliphatic rings. The van der Waals surface area contributed by atoms with Gasteiger partial charge in [0.1, 0.15) is 5.69 Å². The van der Waals surface area contributed by atoms with Crippen LogP contribution in [0.25, 0.3) is 0 Å². The predicted molar refractivity (Wildman–Crippen MR) is 137 cm³/mol. The number of rotatable bonds is 8. The van der Waals surface area contributed by atoms with E-state index in [0.717, 1.165) is 4.90 Å². The fraction of sp³-hybridized carbons (Fsp3) is 0.208. The number of ether oxygens (including phenoxy) is 1. The van der Waals surface area contributed by atoms with Gasteiger partial charge in [-0.2, -0.15) is 5.01 Å². The number of nitroso groups, excluding NO2 is 1. The molecule has 1 fully saturated rings. The topological polar surface area (TPSA) is 117 Å². The van der Waals surface area contributed by atoms with Gasteiger partial charge in [0.2, 0.25) is 0 Å². The highest BCUT2D eigenvalue weighted by Gasteiger charge is 2.22. The number of benzene rings is 3. The summed E-state index contributed by atoms with van der Waals surface area (Å²) in [5.74, 6) is -0.431. The Kier molecular flexibility index (Phi) is 7.58. The zero-order chi connectivity index (χ0) is 24.8. The number of anilines is 4. The molecule has 1 amide bonds. The largest absolute Gasteiger partial charge is 0.378 e. The Morgan fingerprint density at radius 2 is 1.69 bits per heavy atom. The van der Waals surface area contributed by atoms with E-state index >= 15 is 0 Å². The number of carbonyl (C=O) groups excluding carboxylic acids is 1. The molecule has 0 spiro atoms. The van der Waals surface area contributed by atoms with Crippen LogP contribution in [-0.2, 0) is 4.74 Å². The maximum Gasteiger partial charge on any atom is 0.294 e. The molecule has 0 aromatic heterocycles. The minimum absolute atomic E-state index is 0.0831. The van der Waals surface area contributed by atoms with Crippen LogP contribution in [0.3, 0.4) is 0 Å². The van der Waals surface area contributed by atoms with Crippen LogP contribution in [0.5, 0.6) is 0 Å². The molecule has 1 N–H and O–H groups in total. The normalized spacial score (nSPS) is 13.2. The van der Waals surface area contributed by atoms with E-state index in [1.807, 2.05) is 23.3 Å². The number of hydrogen-bond acceptors (Lipinski definition) is 8. The first-order chi connectivity index (χ1) is 17.0. The molecular weight excluding hydrogens is 470 g/mol. The van der Waals surface area contributed by atoms with Crippen LogP contribution in [0.2, 0.25) is 0 Å². The third-order valence-corrected chi connectivity index (χ3v) is 6.30. The molecule has 0 radical (unpaired) electrons. The van der Waals surface area contributed by atoms with Crippen LogP contribution in [-0.4, -0.2) is 43.4 Å². The van der Waals surface area contributed by atoms with Gasteiger partial charge in [0.25, 0.3) is 11.6 Å². The molecule has 3 aromatic rings. The van der Waals surface area contributed by atoms with Crippen molar-refractivity contribution in [2.75, 3.05) is 47.8 Å². The first-order valence-electron chi connectivity index (χ1n) is 10.8. The van der Waals surface area contributed by atoms with Crippen LogP contribution < -0.4 is 15.2 Å². The van der Waals surface area contributed by atoms with Crippen LogP contribution in [0, 0.1) is 15.0 Å². The van der Waals surface area contributed by atoms with E-state index in [2.05, 4.69) is 10.6 Å². The van der Waals surface area contributed by atoms with Gasteiger partial charge in [-0.1, -0.05) is 0 Å². The van der Waals surface area contributed by atoms with Crippen molar-refractivity contribution in [3.8, 4) is 0 Å². The van der Waals surface area contributed by atoms with Crippen molar-refractivity contribution in [2.24, 2.45) is 5.29 Å². The standard InChI is InChI=1S/C24H23N5O5S/c1-35-21-9-7-20(8-10-21)28(26-31)19-5-2-17(3-6-19)24(30)25-18-4-11-22(23(16-18)29(32)33)27-12-14-34-15-13-27/h2-11,16H,12-15H2,1H3,(H,25,30). The fourth-order valence-corrected chi connectivity index (χ4v) is 4.15. The van der Waals surface area contributed by atoms with Crippen molar-refractivity contribution in [2.45, 2.75) is 4.90 Å². The molecule has 1 heterocycles. The lowest BCUT2D eigenvalue weighted by atomic mass is 10.1. The highest BCUT2D eigenvalue weighted by Crippen LogP contribution is 2.32. The molecule has 11 heteroatoms. The first kappa shape index (κ1) is 24.2. The van der Waals surface area contributed by atoms with Gasteiger partial charge in [0, 0.05) is 35.3 Å². The van der Waals surface area contributed by atoms with Gasteiger partial charge < -0.3 is 15.0 Å². The summed E-state index contributed by atoms with van der Waals surface area (Å²) in [5, 5.41) is 18.7. The molecular formula is C24H23N5O5S. The van der Waals surface area contributed by atoms with Crippen LogP contribution >= 0.6 is 11.8 Å². The number of carbonyl (C=O) groups is 1. The molecule has 180 valence electrons. The van der Waals surface area contributed by atoms with E-state index in [4.69, 9.17) is 4.74 Å². The third-order valence-electron chi connectivity index (χ3n) is 5.55. The minimum atomic E-state index is -0.456. The lowest BCUT2D eigenvalue weighted by Crippen LogP contribution is -2.36. The van der Waals surface area contributed by atoms with Crippen molar-refractivity contribution in [1.29, 1.82) is 0 Å². The molecule has 1 aliphatic heterocycles.